The molecule has 3 N–H and O–H groups in total. The van der Waals surface area contributed by atoms with Gasteiger partial charge in [0, 0.05) is 24.5 Å². The number of hydrogen-bond donors (Lipinski definition) is 2. The molecule has 1 saturated heterocycles. The summed E-state index contributed by atoms with van der Waals surface area (Å²) in [4.78, 5) is 17.2. The Kier molecular flexibility index (Phi) is 5.01. The number of rotatable bonds is 4. The van der Waals surface area contributed by atoms with Crippen molar-refractivity contribution in [1.82, 2.24) is 5.06 Å². The zero-order valence-corrected chi connectivity index (χ0v) is 11.4. The molecule has 0 saturated carbocycles. The molecule has 1 amide bonds. The van der Waals surface area contributed by atoms with Crippen molar-refractivity contribution in [3.63, 3.8) is 0 Å². The lowest BCUT2D eigenvalue weighted by Gasteiger charge is -2.25. The minimum absolute atomic E-state index is 0.0804. The van der Waals surface area contributed by atoms with Gasteiger partial charge in [-0.2, -0.15) is 5.06 Å². The first kappa shape index (κ1) is 14.1. The summed E-state index contributed by atoms with van der Waals surface area (Å²) in [6, 6.07) is 5.01. The van der Waals surface area contributed by atoms with E-state index in [1.165, 1.54) is 0 Å². The average molecular weight is 284 g/mol. The lowest BCUT2D eigenvalue weighted by molar-refractivity contribution is -0.181. The number of carbonyl (C=O) groups is 1. The first-order valence-electron chi connectivity index (χ1n) is 6.38. The van der Waals surface area contributed by atoms with Gasteiger partial charge in [-0.25, -0.2) is 0 Å². The summed E-state index contributed by atoms with van der Waals surface area (Å²) >= 11 is 5.80. The Labute approximate surface area is 117 Å². The van der Waals surface area contributed by atoms with E-state index >= 15 is 0 Å². The normalized spacial score (nSPS) is 16.3. The van der Waals surface area contributed by atoms with Crippen LogP contribution >= 0.6 is 11.6 Å². The highest BCUT2D eigenvalue weighted by Crippen LogP contribution is 2.22. The molecule has 0 aliphatic carbocycles. The first-order valence-corrected chi connectivity index (χ1v) is 6.76. The van der Waals surface area contributed by atoms with Crippen LogP contribution in [0.5, 0.6) is 0 Å². The lowest BCUT2D eigenvalue weighted by Crippen LogP contribution is -2.32. The van der Waals surface area contributed by atoms with Crippen molar-refractivity contribution in [1.29, 1.82) is 0 Å². The minimum atomic E-state index is -0.0804. The molecule has 104 valence electrons. The van der Waals surface area contributed by atoms with Crippen LogP contribution < -0.4 is 11.1 Å². The van der Waals surface area contributed by atoms with E-state index in [0.717, 1.165) is 26.0 Å². The van der Waals surface area contributed by atoms with E-state index in [2.05, 4.69) is 5.32 Å². The van der Waals surface area contributed by atoms with Gasteiger partial charge in [-0.05, 0) is 31.0 Å². The number of nitrogen functional groups attached to an aromatic ring is 1. The summed E-state index contributed by atoms with van der Waals surface area (Å²) in [6.07, 6.45) is 2.58. The number of nitrogens with zero attached hydrogens (tertiary/aromatic N) is 1. The van der Waals surface area contributed by atoms with Crippen LogP contribution in [-0.4, -0.2) is 30.7 Å². The van der Waals surface area contributed by atoms with Gasteiger partial charge in [0.25, 0.3) is 0 Å². The molecule has 0 spiro atoms. The van der Waals surface area contributed by atoms with Crippen molar-refractivity contribution in [3.05, 3.63) is 23.2 Å². The van der Waals surface area contributed by atoms with Gasteiger partial charge >= 0.3 is 0 Å². The second-order valence-corrected chi connectivity index (χ2v) is 4.94. The van der Waals surface area contributed by atoms with Crippen molar-refractivity contribution in [2.24, 2.45) is 0 Å². The third kappa shape index (κ3) is 4.38. The van der Waals surface area contributed by atoms with Crippen molar-refractivity contribution in [2.75, 3.05) is 30.7 Å². The summed E-state index contributed by atoms with van der Waals surface area (Å²) in [6.45, 7) is 2.22. The predicted molar refractivity (Wildman–Crippen MR) is 75.9 cm³/mol. The molecule has 1 aromatic rings. The summed E-state index contributed by atoms with van der Waals surface area (Å²) in [5.74, 6) is -0.0804. The maximum absolute atomic E-state index is 11.8. The van der Waals surface area contributed by atoms with Crippen LogP contribution in [0.1, 0.15) is 19.3 Å². The molecule has 1 aliphatic rings. The van der Waals surface area contributed by atoms with Gasteiger partial charge in [-0.3, -0.25) is 9.63 Å². The molecule has 0 unspecified atom stereocenters. The Morgan fingerprint density at radius 1 is 1.47 bits per heavy atom. The van der Waals surface area contributed by atoms with Crippen molar-refractivity contribution < 1.29 is 9.63 Å². The number of halogens is 1. The van der Waals surface area contributed by atoms with E-state index in [-0.39, 0.29) is 5.91 Å². The van der Waals surface area contributed by atoms with E-state index in [4.69, 9.17) is 22.2 Å². The molecule has 0 bridgehead atoms. The summed E-state index contributed by atoms with van der Waals surface area (Å²) in [5, 5.41) is 5.17. The number of carbonyl (C=O) groups excluding carboxylic acids is 1. The Morgan fingerprint density at radius 3 is 3.00 bits per heavy atom. The fraction of sp³-hybridized carbons (Fsp3) is 0.462. The van der Waals surface area contributed by atoms with Crippen LogP contribution in [-0.2, 0) is 9.63 Å². The van der Waals surface area contributed by atoms with Gasteiger partial charge in [-0.1, -0.05) is 11.6 Å². The van der Waals surface area contributed by atoms with Crippen LogP contribution in [0.4, 0.5) is 11.4 Å². The number of hydroxylamine groups is 2. The van der Waals surface area contributed by atoms with Crippen LogP contribution in [0.3, 0.4) is 0 Å². The Bertz CT molecular complexity index is 448. The number of amides is 1. The number of nitrogens with one attached hydrogen (secondary N) is 1. The highest BCUT2D eigenvalue weighted by Gasteiger charge is 2.13. The minimum Gasteiger partial charge on any atom is -0.397 e. The second-order valence-electron chi connectivity index (χ2n) is 4.50. The van der Waals surface area contributed by atoms with E-state index < -0.39 is 0 Å². The number of anilines is 2. The monoisotopic (exact) mass is 283 g/mol. The Balaban J connectivity index is 1.80. The van der Waals surface area contributed by atoms with E-state index in [1.54, 1.807) is 18.2 Å². The molecule has 6 heteroatoms. The molecular weight excluding hydrogens is 266 g/mol. The van der Waals surface area contributed by atoms with E-state index in [0.29, 0.717) is 29.4 Å². The zero-order valence-electron chi connectivity index (χ0n) is 10.7. The zero-order chi connectivity index (χ0) is 13.7. The molecule has 1 heterocycles. The number of hydrogen-bond acceptors (Lipinski definition) is 4. The van der Waals surface area contributed by atoms with Crippen molar-refractivity contribution in [3.8, 4) is 0 Å². The van der Waals surface area contributed by atoms with Gasteiger partial charge in [0.2, 0.25) is 5.91 Å². The summed E-state index contributed by atoms with van der Waals surface area (Å²) < 4.78 is 0. The molecule has 1 fully saturated rings. The number of benzene rings is 1. The van der Waals surface area contributed by atoms with Gasteiger partial charge in [0.15, 0.2) is 0 Å². The fourth-order valence-corrected chi connectivity index (χ4v) is 2.09. The largest absolute Gasteiger partial charge is 0.397 e. The van der Waals surface area contributed by atoms with Crippen molar-refractivity contribution >= 4 is 28.9 Å². The summed E-state index contributed by atoms with van der Waals surface area (Å²) in [5.41, 5.74) is 6.83. The maximum atomic E-state index is 11.8. The first-order chi connectivity index (χ1) is 9.15. The summed E-state index contributed by atoms with van der Waals surface area (Å²) in [7, 11) is 0. The highest BCUT2D eigenvalue weighted by molar-refractivity contribution is 6.31. The van der Waals surface area contributed by atoms with Gasteiger partial charge in [-0.15, -0.1) is 0 Å². The second kappa shape index (κ2) is 6.75. The quantitative estimate of drug-likeness (QED) is 0.832. The molecule has 0 aromatic heterocycles. The molecule has 0 atom stereocenters. The molecule has 1 aliphatic heterocycles. The maximum Gasteiger partial charge on any atom is 0.225 e. The molecule has 5 nitrogen and oxygen atoms in total. The third-order valence-corrected chi connectivity index (χ3v) is 3.19. The van der Waals surface area contributed by atoms with Gasteiger partial charge in [0.05, 0.1) is 18.0 Å². The Morgan fingerprint density at radius 2 is 2.32 bits per heavy atom. The van der Waals surface area contributed by atoms with Crippen LogP contribution in [0.25, 0.3) is 0 Å². The van der Waals surface area contributed by atoms with E-state index in [1.807, 2.05) is 5.06 Å². The smallest absolute Gasteiger partial charge is 0.225 e. The molecule has 19 heavy (non-hydrogen) atoms. The lowest BCUT2D eigenvalue weighted by atomic mass is 10.2. The fourth-order valence-electron chi connectivity index (χ4n) is 1.91. The Hall–Kier alpha value is -1.30. The topological polar surface area (TPSA) is 67.6 Å². The third-order valence-electron chi connectivity index (χ3n) is 2.95. The van der Waals surface area contributed by atoms with Crippen molar-refractivity contribution in [2.45, 2.75) is 19.3 Å². The standard InChI is InChI=1S/C13H18ClN3O2/c14-10-3-4-12(11(15)9-10)16-13(18)5-7-17-6-1-2-8-19-17/h3-4,9H,1-2,5-8,15H2,(H,16,18). The molecular formula is C13H18ClN3O2. The average Bonchev–Trinajstić information content (AvgIpc) is 2.41. The molecule has 2 rings (SSSR count). The SMILES string of the molecule is Nc1cc(Cl)ccc1NC(=O)CCN1CCCCO1. The van der Waals surface area contributed by atoms with E-state index in [9.17, 15) is 4.79 Å². The van der Waals surface area contributed by atoms with Crippen LogP contribution in [0.15, 0.2) is 18.2 Å². The van der Waals surface area contributed by atoms with Crippen LogP contribution in [0, 0.1) is 0 Å². The van der Waals surface area contributed by atoms with Gasteiger partial charge < -0.3 is 11.1 Å². The number of nitrogens with two attached hydrogens (primary N) is 1. The van der Waals surface area contributed by atoms with Crippen LogP contribution in [0.2, 0.25) is 5.02 Å². The molecule has 0 radical (unpaired) electrons. The highest BCUT2D eigenvalue weighted by atomic mass is 35.5. The predicted octanol–water partition coefficient (Wildman–Crippen LogP) is 2.28. The van der Waals surface area contributed by atoms with Gasteiger partial charge in [0.1, 0.15) is 0 Å². The molecule has 1 aromatic carbocycles.